The molecule has 8 heteroatoms. The summed E-state index contributed by atoms with van der Waals surface area (Å²) in [4.78, 5) is 49.9. The van der Waals surface area contributed by atoms with Gasteiger partial charge in [-0.1, -0.05) is 37.1 Å². The van der Waals surface area contributed by atoms with E-state index < -0.39 is 11.8 Å². The van der Waals surface area contributed by atoms with Crippen molar-refractivity contribution < 1.29 is 9.59 Å². The minimum Gasteiger partial charge on any atom is -0.331 e. The molecule has 2 amide bonds. The van der Waals surface area contributed by atoms with Crippen molar-refractivity contribution in [3.05, 3.63) is 120 Å². The van der Waals surface area contributed by atoms with Gasteiger partial charge in [0.25, 0.3) is 0 Å². The Hall–Kier alpha value is -4.46. The van der Waals surface area contributed by atoms with E-state index in [-0.39, 0.29) is 11.8 Å². The summed E-state index contributed by atoms with van der Waals surface area (Å²) in [5.74, 6) is -0.873. The summed E-state index contributed by atoms with van der Waals surface area (Å²) in [6.07, 6.45) is 10.1. The quantitative estimate of drug-likeness (QED) is 0.289. The highest BCUT2D eigenvalue weighted by Gasteiger charge is 2.40. The van der Waals surface area contributed by atoms with Crippen molar-refractivity contribution in [1.29, 1.82) is 0 Å². The van der Waals surface area contributed by atoms with E-state index in [0.29, 0.717) is 39.0 Å². The maximum Gasteiger partial charge on any atom is 0.227 e. The van der Waals surface area contributed by atoms with Crippen LogP contribution in [0.25, 0.3) is 0 Å². The van der Waals surface area contributed by atoms with Crippen LogP contribution in [0.5, 0.6) is 0 Å². The molecule has 0 spiro atoms. The van der Waals surface area contributed by atoms with E-state index >= 15 is 0 Å². The largest absolute Gasteiger partial charge is 0.331 e. The van der Waals surface area contributed by atoms with Crippen LogP contribution in [-0.2, 0) is 35.8 Å². The normalized spacial score (nSPS) is 16.7. The molecule has 4 heterocycles. The molecule has 0 radical (unpaired) electrons. The highest BCUT2D eigenvalue weighted by Crippen LogP contribution is 2.34. The summed E-state index contributed by atoms with van der Waals surface area (Å²) >= 11 is 0. The number of pyridine rings is 4. The fourth-order valence-electron chi connectivity index (χ4n) is 5.36. The van der Waals surface area contributed by atoms with Gasteiger partial charge in [0, 0.05) is 36.6 Å². The monoisotopic (exact) mass is 534 g/mol. The highest BCUT2D eigenvalue weighted by atomic mass is 16.2. The number of aromatic nitrogens is 4. The Kier molecular flexibility index (Phi) is 9.19. The summed E-state index contributed by atoms with van der Waals surface area (Å²) in [6.45, 7) is 1.44. The zero-order valence-electron chi connectivity index (χ0n) is 22.5. The van der Waals surface area contributed by atoms with Crippen LogP contribution in [0, 0.1) is 11.8 Å². The Bertz CT molecular complexity index is 1170. The van der Waals surface area contributed by atoms with E-state index in [1.807, 2.05) is 82.6 Å². The van der Waals surface area contributed by atoms with E-state index in [9.17, 15) is 9.59 Å². The number of rotatable bonds is 10. The molecule has 0 aromatic carbocycles. The lowest BCUT2D eigenvalue weighted by molar-refractivity contribution is -0.149. The van der Waals surface area contributed by atoms with Crippen LogP contribution in [0.15, 0.2) is 97.6 Å². The zero-order chi connectivity index (χ0) is 27.6. The SMILES string of the molecule is O=C(C1CCCCC1C(=O)N(Cc1ccccn1)Cc1ccccn1)N(Cc1ccccn1)Cc1ccccn1. The predicted octanol–water partition coefficient (Wildman–Crippen LogP) is 4.83. The average molecular weight is 535 g/mol. The minimum absolute atomic E-state index is 0.0232. The number of amides is 2. The maximum atomic E-state index is 14.2. The van der Waals surface area contributed by atoms with Crippen LogP contribution >= 0.6 is 0 Å². The van der Waals surface area contributed by atoms with Crippen molar-refractivity contribution in [2.24, 2.45) is 11.8 Å². The van der Waals surface area contributed by atoms with Crippen molar-refractivity contribution >= 4 is 11.8 Å². The molecule has 204 valence electrons. The molecule has 1 saturated carbocycles. The Labute approximate surface area is 235 Å². The lowest BCUT2D eigenvalue weighted by Crippen LogP contribution is -2.46. The second kappa shape index (κ2) is 13.6. The van der Waals surface area contributed by atoms with Crippen LogP contribution in [-0.4, -0.2) is 41.6 Å². The third-order valence-corrected chi connectivity index (χ3v) is 7.34. The highest BCUT2D eigenvalue weighted by molar-refractivity contribution is 5.88. The second-order valence-corrected chi connectivity index (χ2v) is 10.2. The number of carbonyl (C=O) groups is 2. The molecular weight excluding hydrogens is 500 g/mol. The first-order valence-corrected chi connectivity index (χ1v) is 13.8. The van der Waals surface area contributed by atoms with Gasteiger partial charge in [-0.3, -0.25) is 29.5 Å². The molecule has 4 aromatic heterocycles. The lowest BCUT2D eigenvalue weighted by Gasteiger charge is -2.36. The summed E-state index contributed by atoms with van der Waals surface area (Å²) < 4.78 is 0. The number of nitrogens with zero attached hydrogens (tertiary/aromatic N) is 6. The van der Waals surface area contributed by atoms with Crippen LogP contribution < -0.4 is 0 Å². The predicted molar refractivity (Wildman–Crippen MR) is 151 cm³/mol. The average Bonchev–Trinajstić information content (AvgIpc) is 3.02. The molecule has 0 aliphatic heterocycles. The molecule has 1 aliphatic carbocycles. The fraction of sp³-hybridized carbons (Fsp3) is 0.312. The molecule has 2 unspecified atom stereocenters. The van der Waals surface area contributed by atoms with E-state index in [1.54, 1.807) is 24.8 Å². The van der Waals surface area contributed by atoms with Gasteiger partial charge in [0.05, 0.1) is 49.0 Å². The smallest absolute Gasteiger partial charge is 0.227 e. The Balaban J connectivity index is 1.41. The maximum absolute atomic E-state index is 14.2. The van der Waals surface area contributed by atoms with E-state index in [4.69, 9.17) is 0 Å². The summed E-state index contributed by atoms with van der Waals surface area (Å²) in [7, 11) is 0. The molecule has 0 bridgehead atoms. The third-order valence-electron chi connectivity index (χ3n) is 7.34. The van der Waals surface area contributed by atoms with Crippen molar-refractivity contribution in [2.45, 2.75) is 51.9 Å². The first-order chi connectivity index (χ1) is 19.7. The van der Waals surface area contributed by atoms with Crippen molar-refractivity contribution in [1.82, 2.24) is 29.7 Å². The van der Waals surface area contributed by atoms with E-state index in [0.717, 1.165) is 35.6 Å². The molecule has 5 rings (SSSR count). The van der Waals surface area contributed by atoms with E-state index in [1.165, 1.54) is 0 Å². The molecule has 4 aromatic rings. The summed E-state index contributed by atoms with van der Waals surface area (Å²) in [5, 5.41) is 0. The van der Waals surface area contributed by atoms with Gasteiger partial charge < -0.3 is 9.80 Å². The fourth-order valence-corrected chi connectivity index (χ4v) is 5.36. The van der Waals surface area contributed by atoms with Gasteiger partial charge in [0.15, 0.2) is 0 Å². The minimum atomic E-state index is -0.413. The standard InChI is InChI=1S/C32H34N6O2/c39-31(37(21-25-11-3-7-17-33-25)22-26-12-4-8-18-34-26)29-15-1-2-16-30(29)32(40)38(23-27-13-5-9-19-35-27)24-28-14-6-10-20-36-28/h3-14,17-20,29-30H,1-2,15-16,21-24H2. The topological polar surface area (TPSA) is 92.2 Å². The van der Waals surface area contributed by atoms with Gasteiger partial charge in [-0.2, -0.15) is 0 Å². The van der Waals surface area contributed by atoms with Crippen LogP contribution in [0.2, 0.25) is 0 Å². The van der Waals surface area contributed by atoms with Gasteiger partial charge in [0.1, 0.15) is 0 Å². The Morgan fingerprint density at radius 2 is 0.825 bits per heavy atom. The summed E-state index contributed by atoms with van der Waals surface area (Å²) in [6, 6.07) is 22.8. The summed E-state index contributed by atoms with van der Waals surface area (Å²) in [5.41, 5.74) is 3.21. The van der Waals surface area contributed by atoms with Gasteiger partial charge >= 0.3 is 0 Å². The molecule has 0 saturated heterocycles. The van der Waals surface area contributed by atoms with Crippen molar-refractivity contribution in [2.75, 3.05) is 0 Å². The first-order valence-electron chi connectivity index (χ1n) is 13.8. The number of carbonyl (C=O) groups excluding carboxylic acids is 2. The Morgan fingerprint density at radius 1 is 0.525 bits per heavy atom. The molecule has 8 nitrogen and oxygen atoms in total. The Morgan fingerprint density at radius 3 is 1.07 bits per heavy atom. The van der Waals surface area contributed by atoms with Gasteiger partial charge in [0.2, 0.25) is 11.8 Å². The van der Waals surface area contributed by atoms with E-state index in [2.05, 4.69) is 19.9 Å². The number of hydrogen-bond acceptors (Lipinski definition) is 6. The molecule has 1 fully saturated rings. The van der Waals surface area contributed by atoms with Crippen molar-refractivity contribution in [3.8, 4) is 0 Å². The lowest BCUT2D eigenvalue weighted by atomic mass is 9.77. The van der Waals surface area contributed by atoms with Crippen LogP contribution in [0.3, 0.4) is 0 Å². The molecule has 1 aliphatic rings. The molecular formula is C32H34N6O2. The van der Waals surface area contributed by atoms with Crippen LogP contribution in [0.4, 0.5) is 0 Å². The van der Waals surface area contributed by atoms with Crippen molar-refractivity contribution in [3.63, 3.8) is 0 Å². The van der Waals surface area contributed by atoms with Gasteiger partial charge in [-0.15, -0.1) is 0 Å². The van der Waals surface area contributed by atoms with Crippen LogP contribution in [0.1, 0.15) is 48.5 Å². The van der Waals surface area contributed by atoms with Gasteiger partial charge in [-0.05, 0) is 61.4 Å². The second-order valence-electron chi connectivity index (χ2n) is 10.2. The molecule has 40 heavy (non-hydrogen) atoms. The molecule has 0 N–H and O–H groups in total. The number of hydrogen-bond donors (Lipinski definition) is 0. The third kappa shape index (κ3) is 7.14. The first kappa shape index (κ1) is 27.1. The zero-order valence-corrected chi connectivity index (χ0v) is 22.5. The molecule has 2 atom stereocenters. The van der Waals surface area contributed by atoms with Gasteiger partial charge in [-0.25, -0.2) is 0 Å².